The number of anilines is 1. The Labute approximate surface area is 164 Å². The molecule has 0 saturated heterocycles. The third-order valence-electron chi connectivity index (χ3n) is 3.76. The van der Waals surface area contributed by atoms with Gasteiger partial charge in [-0.3, -0.25) is 0 Å². The van der Waals surface area contributed by atoms with Gasteiger partial charge in [-0.1, -0.05) is 6.07 Å². The minimum absolute atomic E-state index is 0. The Balaban J connectivity index is 0.00000225. The standard InChI is InChI=1S/C18H20N6.HI/c1-13-4-5-16(10-14(13)2)23-18(19)21-12-15-6-8-20-17(11-15)24-9-3-7-22-24;/h3-11H,12H2,1-2H3,(H3,19,21,23);1H. The van der Waals surface area contributed by atoms with Gasteiger partial charge in [-0.25, -0.2) is 14.7 Å². The van der Waals surface area contributed by atoms with Crippen molar-refractivity contribution in [3.8, 4) is 5.82 Å². The second-order valence-electron chi connectivity index (χ2n) is 5.60. The second kappa shape index (κ2) is 8.61. The molecule has 3 N–H and O–H groups in total. The van der Waals surface area contributed by atoms with Crippen LogP contribution in [0.5, 0.6) is 0 Å². The zero-order valence-electron chi connectivity index (χ0n) is 14.2. The molecule has 0 aliphatic carbocycles. The third-order valence-corrected chi connectivity index (χ3v) is 3.76. The van der Waals surface area contributed by atoms with Crippen LogP contribution in [0.25, 0.3) is 5.82 Å². The molecule has 130 valence electrons. The molecule has 0 amide bonds. The van der Waals surface area contributed by atoms with Crippen molar-refractivity contribution >= 4 is 35.6 Å². The van der Waals surface area contributed by atoms with Gasteiger partial charge in [-0.15, -0.1) is 24.0 Å². The number of guanidine groups is 1. The van der Waals surface area contributed by atoms with Crippen molar-refractivity contribution in [2.75, 3.05) is 5.32 Å². The van der Waals surface area contributed by atoms with Gasteiger partial charge in [0.05, 0.1) is 6.54 Å². The first-order valence-corrected chi connectivity index (χ1v) is 7.71. The Hall–Kier alpha value is -2.42. The SMILES string of the molecule is Cc1ccc(NC(N)=NCc2ccnc(-n3cccn3)c2)cc1C.I. The van der Waals surface area contributed by atoms with Gasteiger partial charge >= 0.3 is 0 Å². The number of aryl methyl sites for hydroxylation is 2. The Morgan fingerprint density at radius 2 is 2.00 bits per heavy atom. The van der Waals surface area contributed by atoms with Crippen LogP contribution < -0.4 is 11.1 Å². The van der Waals surface area contributed by atoms with Gasteiger partial charge in [0.1, 0.15) is 0 Å². The first-order valence-electron chi connectivity index (χ1n) is 7.71. The maximum Gasteiger partial charge on any atom is 0.193 e. The van der Waals surface area contributed by atoms with Crippen molar-refractivity contribution in [1.29, 1.82) is 0 Å². The van der Waals surface area contributed by atoms with E-state index >= 15 is 0 Å². The van der Waals surface area contributed by atoms with E-state index in [1.165, 1.54) is 11.1 Å². The van der Waals surface area contributed by atoms with Crippen molar-refractivity contribution in [3.63, 3.8) is 0 Å². The summed E-state index contributed by atoms with van der Waals surface area (Å²) in [5, 5.41) is 7.29. The molecule has 7 heteroatoms. The van der Waals surface area contributed by atoms with E-state index in [0.717, 1.165) is 17.1 Å². The molecule has 0 bridgehead atoms. The molecule has 2 aromatic heterocycles. The highest BCUT2D eigenvalue weighted by Gasteiger charge is 2.01. The molecular weight excluding hydrogens is 427 g/mol. The van der Waals surface area contributed by atoms with Gasteiger partial charge in [0, 0.05) is 24.3 Å². The molecule has 3 rings (SSSR count). The predicted molar refractivity (Wildman–Crippen MR) is 112 cm³/mol. The van der Waals surface area contributed by atoms with Crippen LogP contribution in [0.1, 0.15) is 16.7 Å². The van der Waals surface area contributed by atoms with E-state index in [0.29, 0.717) is 12.5 Å². The highest BCUT2D eigenvalue weighted by Crippen LogP contribution is 2.14. The number of benzene rings is 1. The summed E-state index contributed by atoms with van der Waals surface area (Å²) < 4.78 is 1.71. The zero-order chi connectivity index (χ0) is 16.9. The summed E-state index contributed by atoms with van der Waals surface area (Å²) in [4.78, 5) is 8.69. The van der Waals surface area contributed by atoms with E-state index in [4.69, 9.17) is 5.73 Å². The van der Waals surface area contributed by atoms with Gasteiger partial charge in [0.15, 0.2) is 11.8 Å². The fourth-order valence-electron chi connectivity index (χ4n) is 2.27. The largest absolute Gasteiger partial charge is 0.370 e. The number of hydrogen-bond donors (Lipinski definition) is 2. The monoisotopic (exact) mass is 448 g/mol. The van der Waals surface area contributed by atoms with Crippen LogP contribution in [-0.4, -0.2) is 20.7 Å². The van der Waals surface area contributed by atoms with Crippen molar-refractivity contribution in [3.05, 3.63) is 71.7 Å². The lowest BCUT2D eigenvalue weighted by Gasteiger charge is -2.08. The van der Waals surface area contributed by atoms with Crippen LogP contribution >= 0.6 is 24.0 Å². The molecule has 1 aromatic carbocycles. The minimum atomic E-state index is 0. The maximum absolute atomic E-state index is 5.98. The summed E-state index contributed by atoms with van der Waals surface area (Å²) >= 11 is 0. The molecule has 0 atom stereocenters. The summed E-state index contributed by atoms with van der Waals surface area (Å²) in [5.74, 6) is 1.14. The Bertz CT molecular complexity index is 858. The van der Waals surface area contributed by atoms with E-state index in [-0.39, 0.29) is 24.0 Å². The van der Waals surface area contributed by atoms with Crippen molar-refractivity contribution < 1.29 is 0 Å². The normalized spacial score (nSPS) is 11.0. The number of pyridine rings is 1. The lowest BCUT2D eigenvalue weighted by Crippen LogP contribution is -2.22. The fourth-order valence-corrected chi connectivity index (χ4v) is 2.27. The highest BCUT2D eigenvalue weighted by molar-refractivity contribution is 14.0. The van der Waals surface area contributed by atoms with Crippen LogP contribution in [0.3, 0.4) is 0 Å². The molecule has 0 saturated carbocycles. The summed E-state index contributed by atoms with van der Waals surface area (Å²) in [6, 6.07) is 11.8. The summed E-state index contributed by atoms with van der Waals surface area (Å²) in [6.07, 6.45) is 5.32. The van der Waals surface area contributed by atoms with Crippen LogP contribution in [-0.2, 0) is 6.54 Å². The third kappa shape index (κ3) is 5.02. The lowest BCUT2D eigenvalue weighted by molar-refractivity contribution is 0.841. The Morgan fingerprint density at radius 3 is 2.72 bits per heavy atom. The molecule has 0 aliphatic rings. The molecule has 0 fully saturated rings. The number of nitrogens with zero attached hydrogens (tertiary/aromatic N) is 4. The summed E-state index contributed by atoms with van der Waals surface area (Å²) in [6.45, 7) is 4.62. The van der Waals surface area contributed by atoms with Crippen LogP contribution in [0.2, 0.25) is 0 Å². The molecule has 6 nitrogen and oxygen atoms in total. The van der Waals surface area contributed by atoms with E-state index in [1.807, 2.05) is 30.5 Å². The molecule has 2 heterocycles. The second-order valence-corrected chi connectivity index (χ2v) is 5.60. The topological polar surface area (TPSA) is 81.1 Å². The molecule has 0 radical (unpaired) electrons. The number of aliphatic imine (C=N–C) groups is 1. The van der Waals surface area contributed by atoms with Gasteiger partial charge in [-0.05, 0) is 60.9 Å². The fraction of sp³-hybridized carbons (Fsp3) is 0.167. The molecule has 25 heavy (non-hydrogen) atoms. The number of halogens is 1. The molecule has 0 unspecified atom stereocenters. The van der Waals surface area contributed by atoms with Gasteiger partial charge < -0.3 is 11.1 Å². The highest BCUT2D eigenvalue weighted by atomic mass is 127. The van der Waals surface area contributed by atoms with Crippen molar-refractivity contribution in [1.82, 2.24) is 14.8 Å². The maximum atomic E-state index is 5.98. The molecule has 0 spiro atoms. The predicted octanol–water partition coefficient (Wildman–Crippen LogP) is 3.43. The average molecular weight is 448 g/mol. The van der Waals surface area contributed by atoms with Crippen LogP contribution in [0.15, 0.2) is 60.0 Å². The molecule has 0 aliphatic heterocycles. The Morgan fingerprint density at radius 1 is 1.16 bits per heavy atom. The minimum Gasteiger partial charge on any atom is -0.370 e. The quantitative estimate of drug-likeness (QED) is 0.364. The van der Waals surface area contributed by atoms with Crippen molar-refractivity contribution in [2.45, 2.75) is 20.4 Å². The van der Waals surface area contributed by atoms with Crippen LogP contribution in [0.4, 0.5) is 5.69 Å². The number of aromatic nitrogens is 3. The lowest BCUT2D eigenvalue weighted by atomic mass is 10.1. The summed E-state index contributed by atoms with van der Waals surface area (Å²) in [7, 11) is 0. The Kier molecular flexibility index (Phi) is 6.51. The molecular formula is C18H21IN6. The van der Waals surface area contributed by atoms with Gasteiger partial charge in [-0.2, -0.15) is 5.10 Å². The molecule has 3 aromatic rings. The van der Waals surface area contributed by atoms with E-state index in [1.54, 1.807) is 17.1 Å². The van der Waals surface area contributed by atoms with Gasteiger partial charge in [0.2, 0.25) is 0 Å². The summed E-state index contributed by atoms with van der Waals surface area (Å²) in [5.41, 5.74) is 10.4. The smallest absolute Gasteiger partial charge is 0.193 e. The number of nitrogens with two attached hydrogens (primary N) is 1. The number of nitrogens with one attached hydrogen (secondary N) is 1. The zero-order valence-corrected chi connectivity index (χ0v) is 16.5. The van der Waals surface area contributed by atoms with Gasteiger partial charge in [0.25, 0.3) is 0 Å². The number of hydrogen-bond acceptors (Lipinski definition) is 3. The van der Waals surface area contributed by atoms with Crippen LogP contribution in [0, 0.1) is 13.8 Å². The number of rotatable bonds is 4. The van der Waals surface area contributed by atoms with Crippen molar-refractivity contribution in [2.24, 2.45) is 10.7 Å². The van der Waals surface area contributed by atoms with E-state index < -0.39 is 0 Å². The average Bonchev–Trinajstić information content (AvgIpc) is 3.11. The van der Waals surface area contributed by atoms with E-state index in [9.17, 15) is 0 Å². The first-order chi connectivity index (χ1) is 11.6. The van der Waals surface area contributed by atoms with E-state index in [2.05, 4.69) is 46.4 Å². The first kappa shape index (κ1) is 18.9.